The number of ether oxygens (including phenoxy) is 3. The van der Waals surface area contributed by atoms with Crippen LogP contribution in [0.15, 0.2) is 67.1 Å². The standard InChI is InChI=1S/C28H27N3O5.C2HF3O2/c1-17(2)36-21-9-5-7-18(11-21)27(32)26-23-13-25(35-4)24(34-3)12-22(23)20(15-30-26)16-31-28(33)19-8-6-10-29-14-19;3-2(4,5)1(6)7/h5-15,17H,16H2,1-4H3,(H,31,33);(H,6,7). The van der Waals surface area contributed by atoms with Crippen molar-refractivity contribution < 1.29 is 46.9 Å². The first-order valence-electron chi connectivity index (χ1n) is 12.7. The van der Waals surface area contributed by atoms with Crippen LogP contribution in [0.4, 0.5) is 13.2 Å². The van der Waals surface area contributed by atoms with Crippen molar-refractivity contribution in [2.24, 2.45) is 0 Å². The highest BCUT2D eigenvalue weighted by Crippen LogP contribution is 2.35. The summed E-state index contributed by atoms with van der Waals surface area (Å²) in [5.41, 5.74) is 1.88. The minimum Gasteiger partial charge on any atom is -0.493 e. The molecule has 0 bridgehead atoms. The van der Waals surface area contributed by atoms with Gasteiger partial charge in [-0.1, -0.05) is 12.1 Å². The second-order valence-corrected chi connectivity index (χ2v) is 9.14. The summed E-state index contributed by atoms with van der Waals surface area (Å²) < 4.78 is 48.5. The molecule has 0 radical (unpaired) electrons. The van der Waals surface area contributed by atoms with Crippen LogP contribution in [0.5, 0.6) is 17.2 Å². The van der Waals surface area contributed by atoms with E-state index in [4.69, 9.17) is 24.1 Å². The number of pyridine rings is 2. The number of alkyl halides is 3. The Morgan fingerprint density at radius 2 is 1.56 bits per heavy atom. The van der Waals surface area contributed by atoms with Gasteiger partial charge in [0.25, 0.3) is 5.91 Å². The number of fused-ring (bicyclic) bond motifs is 1. The predicted molar refractivity (Wildman–Crippen MR) is 150 cm³/mol. The molecule has 0 fully saturated rings. The average Bonchev–Trinajstić information content (AvgIpc) is 2.98. The number of benzene rings is 2. The van der Waals surface area contributed by atoms with Gasteiger partial charge in [0.2, 0.25) is 5.78 Å². The summed E-state index contributed by atoms with van der Waals surface area (Å²) in [5.74, 6) is -1.70. The molecular weight excluding hydrogens is 571 g/mol. The largest absolute Gasteiger partial charge is 0.493 e. The van der Waals surface area contributed by atoms with Crippen molar-refractivity contribution in [1.82, 2.24) is 15.3 Å². The lowest BCUT2D eigenvalue weighted by atomic mass is 9.98. The zero-order valence-corrected chi connectivity index (χ0v) is 23.6. The summed E-state index contributed by atoms with van der Waals surface area (Å²) in [6.45, 7) is 4.04. The van der Waals surface area contributed by atoms with Gasteiger partial charge in [-0.2, -0.15) is 13.2 Å². The Bertz CT molecular complexity index is 1610. The van der Waals surface area contributed by atoms with Gasteiger partial charge in [-0.05, 0) is 61.2 Å². The van der Waals surface area contributed by atoms with Crippen molar-refractivity contribution in [1.29, 1.82) is 0 Å². The molecule has 2 N–H and O–H groups in total. The number of ketones is 1. The molecule has 2 heterocycles. The molecule has 0 aliphatic rings. The van der Waals surface area contributed by atoms with E-state index in [9.17, 15) is 22.8 Å². The Morgan fingerprint density at radius 1 is 0.930 bits per heavy atom. The van der Waals surface area contributed by atoms with E-state index < -0.39 is 12.1 Å². The monoisotopic (exact) mass is 599 g/mol. The van der Waals surface area contributed by atoms with Crippen LogP contribution in [-0.2, 0) is 11.3 Å². The van der Waals surface area contributed by atoms with E-state index >= 15 is 0 Å². The van der Waals surface area contributed by atoms with Crippen LogP contribution in [0.3, 0.4) is 0 Å². The Balaban J connectivity index is 0.000000646. The van der Waals surface area contributed by atoms with Gasteiger partial charge in [0, 0.05) is 36.1 Å². The highest BCUT2D eigenvalue weighted by Gasteiger charge is 2.38. The number of nitrogens with zero attached hydrogens (tertiary/aromatic N) is 2. The minimum atomic E-state index is -5.08. The molecule has 0 unspecified atom stereocenters. The Morgan fingerprint density at radius 3 is 2.12 bits per heavy atom. The summed E-state index contributed by atoms with van der Waals surface area (Å²) in [7, 11) is 3.07. The number of carboxylic acid groups (broad SMARTS) is 1. The maximum Gasteiger partial charge on any atom is 0.490 e. The molecule has 0 saturated carbocycles. The summed E-state index contributed by atoms with van der Waals surface area (Å²) >= 11 is 0. The lowest BCUT2D eigenvalue weighted by Crippen LogP contribution is -2.23. The number of methoxy groups -OCH3 is 2. The number of carbonyl (C=O) groups is 3. The van der Waals surface area contributed by atoms with E-state index in [2.05, 4.69) is 15.3 Å². The number of amides is 1. The maximum absolute atomic E-state index is 13.5. The smallest absolute Gasteiger partial charge is 0.490 e. The second-order valence-electron chi connectivity index (χ2n) is 9.14. The quantitative estimate of drug-likeness (QED) is 0.248. The predicted octanol–water partition coefficient (Wildman–Crippen LogP) is 5.23. The topological polar surface area (TPSA) is 137 Å². The van der Waals surface area contributed by atoms with Gasteiger partial charge in [0.1, 0.15) is 11.4 Å². The number of hydrogen-bond acceptors (Lipinski definition) is 8. The van der Waals surface area contributed by atoms with Gasteiger partial charge >= 0.3 is 12.1 Å². The van der Waals surface area contributed by atoms with Crippen LogP contribution in [0.25, 0.3) is 10.8 Å². The minimum absolute atomic E-state index is 0.0211. The molecule has 13 heteroatoms. The highest BCUT2D eigenvalue weighted by molar-refractivity contribution is 6.16. The average molecular weight is 600 g/mol. The van der Waals surface area contributed by atoms with Gasteiger partial charge < -0.3 is 24.6 Å². The number of halogens is 3. The lowest BCUT2D eigenvalue weighted by Gasteiger charge is -2.15. The second kappa shape index (κ2) is 14.1. The Kier molecular flexibility index (Phi) is 10.6. The van der Waals surface area contributed by atoms with Crippen molar-refractivity contribution in [2.45, 2.75) is 32.7 Å². The van der Waals surface area contributed by atoms with Crippen molar-refractivity contribution in [3.05, 3.63) is 89.5 Å². The summed E-state index contributed by atoms with van der Waals surface area (Å²) in [4.78, 5) is 43.5. The molecule has 4 aromatic rings. The van der Waals surface area contributed by atoms with E-state index in [1.165, 1.54) is 13.3 Å². The molecule has 0 saturated heterocycles. The molecule has 0 spiro atoms. The molecule has 43 heavy (non-hydrogen) atoms. The van der Waals surface area contributed by atoms with E-state index in [0.29, 0.717) is 39.1 Å². The molecule has 4 rings (SSSR count). The number of hydrogen-bond donors (Lipinski definition) is 2. The normalized spacial score (nSPS) is 10.9. The number of rotatable bonds is 9. The van der Waals surface area contributed by atoms with Crippen molar-refractivity contribution >= 4 is 28.4 Å². The first-order chi connectivity index (χ1) is 20.3. The van der Waals surface area contributed by atoms with Crippen LogP contribution in [0.2, 0.25) is 0 Å². The fourth-order valence-corrected chi connectivity index (χ4v) is 3.84. The Labute approximate surface area is 244 Å². The van der Waals surface area contributed by atoms with Crippen molar-refractivity contribution in [2.75, 3.05) is 14.2 Å². The van der Waals surface area contributed by atoms with Crippen LogP contribution < -0.4 is 19.5 Å². The van der Waals surface area contributed by atoms with E-state index in [-0.39, 0.29) is 30.0 Å². The molecule has 0 atom stereocenters. The molecule has 226 valence electrons. The first-order valence-corrected chi connectivity index (χ1v) is 12.7. The van der Waals surface area contributed by atoms with Gasteiger partial charge in [-0.25, -0.2) is 4.79 Å². The molecule has 0 aliphatic carbocycles. The Hall–Kier alpha value is -5.20. The summed E-state index contributed by atoms with van der Waals surface area (Å²) in [6, 6.07) is 13.9. The molecular formula is C30H28F3N3O7. The van der Waals surface area contributed by atoms with Gasteiger partial charge in [-0.15, -0.1) is 0 Å². The third-order valence-corrected chi connectivity index (χ3v) is 5.76. The van der Waals surface area contributed by atoms with E-state index in [1.54, 1.807) is 62.0 Å². The van der Waals surface area contributed by atoms with E-state index in [1.807, 2.05) is 19.9 Å². The lowest BCUT2D eigenvalue weighted by molar-refractivity contribution is -0.192. The van der Waals surface area contributed by atoms with Gasteiger partial charge in [0.05, 0.1) is 25.9 Å². The molecule has 0 aliphatic heterocycles. The summed E-state index contributed by atoms with van der Waals surface area (Å²) in [6.07, 6.45) is -0.404. The highest BCUT2D eigenvalue weighted by atomic mass is 19.4. The molecule has 2 aromatic heterocycles. The fraction of sp³-hybridized carbons (Fsp3) is 0.233. The zero-order valence-electron chi connectivity index (χ0n) is 23.6. The third-order valence-electron chi connectivity index (χ3n) is 5.76. The number of aliphatic carboxylic acids is 1. The van der Waals surface area contributed by atoms with Crippen LogP contribution >= 0.6 is 0 Å². The number of aromatic nitrogens is 2. The third kappa shape index (κ3) is 8.41. The number of nitrogens with one attached hydrogen (secondary N) is 1. The van der Waals surface area contributed by atoms with Crippen LogP contribution in [-0.4, -0.2) is 59.2 Å². The van der Waals surface area contributed by atoms with Crippen molar-refractivity contribution in [3.63, 3.8) is 0 Å². The van der Waals surface area contributed by atoms with Crippen molar-refractivity contribution in [3.8, 4) is 17.2 Å². The van der Waals surface area contributed by atoms with Crippen LogP contribution in [0, 0.1) is 0 Å². The van der Waals surface area contributed by atoms with Crippen LogP contribution in [0.1, 0.15) is 45.8 Å². The SMILES string of the molecule is COc1cc2c(CNC(=O)c3cccnc3)cnc(C(=O)c3cccc(OC(C)C)c3)c2cc1OC.O=C(O)C(F)(F)F. The number of carboxylic acids is 1. The molecule has 2 aromatic carbocycles. The van der Waals surface area contributed by atoms with Gasteiger partial charge in [-0.3, -0.25) is 19.6 Å². The maximum atomic E-state index is 13.5. The molecule has 1 amide bonds. The molecule has 10 nitrogen and oxygen atoms in total. The van der Waals surface area contributed by atoms with Gasteiger partial charge in [0.15, 0.2) is 11.5 Å². The summed E-state index contributed by atoms with van der Waals surface area (Å²) in [5, 5.41) is 11.3. The zero-order chi connectivity index (χ0) is 31.7. The number of carbonyl (C=O) groups excluding carboxylic acids is 2. The first kappa shape index (κ1) is 32.3. The fourth-order valence-electron chi connectivity index (χ4n) is 3.84. The van der Waals surface area contributed by atoms with E-state index in [0.717, 1.165) is 5.56 Å².